The van der Waals surface area contributed by atoms with Crippen LogP contribution in [0.15, 0.2) is 65.7 Å². The van der Waals surface area contributed by atoms with E-state index < -0.39 is 10.0 Å². The minimum absolute atomic E-state index is 0.214. The molecule has 2 aromatic carbocycles. The second-order valence-corrected chi connectivity index (χ2v) is 11.1. The van der Waals surface area contributed by atoms with E-state index in [1.54, 1.807) is 22.6 Å². The zero-order valence-electron chi connectivity index (χ0n) is 17.5. The van der Waals surface area contributed by atoms with Gasteiger partial charge in [0.05, 0.1) is 9.77 Å². The van der Waals surface area contributed by atoms with Crippen molar-refractivity contribution >= 4 is 32.4 Å². The third-order valence-electron chi connectivity index (χ3n) is 5.37. The summed E-state index contributed by atoms with van der Waals surface area (Å²) in [7, 11) is -3.57. The van der Waals surface area contributed by atoms with E-state index in [4.69, 9.17) is 0 Å². The van der Waals surface area contributed by atoms with E-state index in [2.05, 4.69) is 24.1 Å². The largest absolute Gasteiger partial charge is 0.298 e. The minimum atomic E-state index is -3.57. The summed E-state index contributed by atoms with van der Waals surface area (Å²) in [6.45, 7) is 5.21. The molecule has 31 heavy (non-hydrogen) atoms. The Morgan fingerprint density at radius 1 is 1.03 bits per heavy atom. The van der Waals surface area contributed by atoms with E-state index >= 15 is 0 Å². The number of piperidine rings is 1. The maximum absolute atomic E-state index is 13.0. The van der Waals surface area contributed by atoms with Gasteiger partial charge in [0.1, 0.15) is 0 Å². The quantitative estimate of drug-likeness (QED) is 0.603. The number of anilines is 1. The van der Waals surface area contributed by atoms with Gasteiger partial charge in [0.25, 0.3) is 5.91 Å². The van der Waals surface area contributed by atoms with E-state index in [0.717, 1.165) is 16.9 Å². The molecule has 0 spiro atoms. The molecule has 0 bridgehead atoms. The predicted molar refractivity (Wildman–Crippen MR) is 124 cm³/mol. The van der Waals surface area contributed by atoms with Gasteiger partial charge in [0.2, 0.25) is 10.0 Å². The average molecular weight is 456 g/mol. The maximum atomic E-state index is 13.0. The number of benzene rings is 2. The highest BCUT2D eigenvalue weighted by atomic mass is 32.2. The number of amides is 1. The van der Waals surface area contributed by atoms with Crippen LogP contribution in [0.3, 0.4) is 0 Å². The molecule has 1 saturated heterocycles. The van der Waals surface area contributed by atoms with Gasteiger partial charge in [-0.2, -0.15) is 4.31 Å². The van der Waals surface area contributed by atoms with Crippen molar-refractivity contribution in [1.29, 1.82) is 0 Å². The molecular weight excluding hydrogens is 430 g/mol. The Balaban J connectivity index is 1.45. The number of sulfonamides is 1. The lowest BCUT2D eigenvalue weighted by atomic mass is 9.94. The number of rotatable bonds is 5. The molecule has 1 amide bonds. The van der Waals surface area contributed by atoms with E-state index in [9.17, 15) is 13.2 Å². The van der Waals surface area contributed by atoms with Crippen LogP contribution in [0.25, 0.3) is 10.4 Å². The Hall–Kier alpha value is -2.55. The molecule has 6 nitrogen and oxygen atoms in total. The molecule has 3 aromatic rings. The molecule has 8 heteroatoms. The molecule has 4 rings (SSSR count). The van der Waals surface area contributed by atoms with Crippen LogP contribution in [0.1, 0.15) is 30.6 Å². The lowest BCUT2D eigenvalue weighted by molar-refractivity contribution is 0.102. The Morgan fingerprint density at radius 2 is 1.68 bits per heavy atom. The Labute approximate surface area is 187 Å². The first-order chi connectivity index (χ1) is 14.8. The molecule has 0 radical (unpaired) electrons. The molecule has 2 atom stereocenters. The number of carbonyl (C=O) groups excluding carboxylic acids is 1. The second-order valence-electron chi connectivity index (χ2n) is 8.14. The van der Waals surface area contributed by atoms with Crippen LogP contribution < -0.4 is 5.32 Å². The fourth-order valence-corrected chi connectivity index (χ4v) is 6.46. The summed E-state index contributed by atoms with van der Waals surface area (Å²) in [6.07, 6.45) is 2.76. The summed E-state index contributed by atoms with van der Waals surface area (Å²) in [6, 6.07) is 15.9. The fourth-order valence-electron chi connectivity index (χ4n) is 3.97. The SMILES string of the molecule is C[C@@H]1C[C@@H](C)CN(S(=O)(=O)c2ccc(C(=O)Nc3ncc(-c4ccccc4)s3)cc2)C1. The van der Waals surface area contributed by atoms with Crippen molar-refractivity contribution in [3.8, 4) is 10.4 Å². The summed E-state index contributed by atoms with van der Waals surface area (Å²) in [5.41, 5.74) is 1.42. The van der Waals surface area contributed by atoms with Crippen molar-refractivity contribution in [2.75, 3.05) is 18.4 Å². The van der Waals surface area contributed by atoms with Crippen LogP contribution in [0.2, 0.25) is 0 Å². The van der Waals surface area contributed by atoms with Gasteiger partial charge < -0.3 is 0 Å². The van der Waals surface area contributed by atoms with Gasteiger partial charge in [0.15, 0.2) is 5.13 Å². The first-order valence-electron chi connectivity index (χ1n) is 10.3. The number of thiazole rings is 1. The van der Waals surface area contributed by atoms with Crippen LogP contribution in [0.5, 0.6) is 0 Å². The number of carbonyl (C=O) groups is 1. The number of nitrogens with one attached hydrogen (secondary N) is 1. The van der Waals surface area contributed by atoms with Gasteiger partial charge in [-0.1, -0.05) is 55.5 Å². The molecular formula is C23H25N3O3S2. The monoisotopic (exact) mass is 455 g/mol. The summed E-state index contributed by atoms with van der Waals surface area (Å²) in [5.74, 6) is 0.350. The van der Waals surface area contributed by atoms with E-state index in [1.807, 2.05) is 30.3 Å². The van der Waals surface area contributed by atoms with Crippen molar-refractivity contribution in [2.24, 2.45) is 11.8 Å². The van der Waals surface area contributed by atoms with Crippen molar-refractivity contribution in [3.63, 3.8) is 0 Å². The van der Waals surface area contributed by atoms with E-state index in [0.29, 0.717) is 35.6 Å². The first kappa shape index (κ1) is 21.7. The summed E-state index contributed by atoms with van der Waals surface area (Å²) >= 11 is 1.39. The molecule has 1 aromatic heterocycles. The van der Waals surface area contributed by atoms with Crippen molar-refractivity contribution in [3.05, 3.63) is 66.4 Å². The fraction of sp³-hybridized carbons (Fsp3) is 0.304. The van der Waals surface area contributed by atoms with Crippen molar-refractivity contribution in [1.82, 2.24) is 9.29 Å². The third kappa shape index (κ3) is 4.87. The topological polar surface area (TPSA) is 79.4 Å². The lowest BCUT2D eigenvalue weighted by Crippen LogP contribution is -2.42. The van der Waals surface area contributed by atoms with Crippen LogP contribution in [0.4, 0.5) is 5.13 Å². The smallest absolute Gasteiger partial charge is 0.257 e. The standard InChI is InChI=1S/C23H25N3O3S2/c1-16-12-17(2)15-26(14-16)31(28,29)20-10-8-19(9-11-20)22(27)25-23-24-13-21(30-23)18-6-4-3-5-7-18/h3-11,13,16-17H,12,14-15H2,1-2H3,(H,24,25,27)/t16-,17-/m1/s1. The third-order valence-corrected chi connectivity index (χ3v) is 8.18. The van der Waals surface area contributed by atoms with Crippen LogP contribution in [-0.4, -0.2) is 36.7 Å². The van der Waals surface area contributed by atoms with Crippen LogP contribution in [0, 0.1) is 11.8 Å². The molecule has 0 unspecified atom stereocenters. The highest BCUT2D eigenvalue weighted by Gasteiger charge is 2.31. The zero-order chi connectivity index (χ0) is 22.0. The van der Waals surface area contributed by atoms with Gasteiger partial charge in [-0.05, 0) is 48.1 Å². The Kier molecular flexibility index (Phi) is 6.22. The Morgan fingerprint density at radius 3 is 2.32 bits per heavy atom. The zero-order valence-corrected chi connectivity index (χ0v) is 19.1. The van der Waals surface area contributed by atoms with Crippen molar-refractivity contribution < 1.29 is 13.2 Å². The minimum Gasteiger partial charge on any atom is -0.298 e. The number of hydrogen-bond acceptors (Lipinski definition) is 5. The van der Waals surface area contributed by atoms with E-state index in [-0.39, 0.29) is 10.8 Å². The normalized spacial score (nSPS) is 19.8. The summed E-state index contributed by atoms with van der Waals surface area (Å²) in [4.78, 5) is 18.1. The number of nitrogens with zero attached hydrogens (tertiary/aromatic N) is 2. The summed E-state index contributed by atoms with van der Waals surface area (Å²) < 4.78 is 27.6. The van der Waals surface area contributed by atoms with E-state index in [1.165, 1.54) is 23.5 Å². The molecule has 1 N–H and O–H groups in total. The maximum Gasteiger partial charge on any atom is 0.257 e. The van der Waals surface area contributed by atoms with Gasteiger partial charge in [-0.15, -0.1) is 0 Å². The van der Waals surface area contributed by atoms with Crippen molar-refractivity contribution in [2.45, 2.75) is 25.2 Å². The number of aromatic nitrogens is 1. The van der Waals surface area contributed by atoms with Gasteiger partial charge in [-0.3, -0.25) is 10.1 Å². The Bertz CT molecular complexity index is 1150. The van der Waals surface area contributed by atoms with Gasteiger partial charge in [-0.25, -0.2) is 13.4 Å². The second kappa shape index (κ2) is 8.90. The average Bonchev–Trinajstić information content (AvgIpc) is 3.22. The predicted octanol–water partition coefficient (Wildman–Crippen LogP) is 4.73. The van der Waals surface area contributed by atoms with Crippen LogP contribution in [-0.2, 0) is 10.0 Å². The number of hydrogen-bond donors (Lipinski definition) is 1. The molecule has 1 fully saturated rings. The van der Waals surface area contributed by atoms with Crippen LogP contribution >= 0.6 is 11.3 Å². The molecule has 1 aliphatic heterocycles. The molecule has 162 valence electrons. The highest BCUT2D eigenvalue weighted by molar-refractivity contribution is 7.89. The van der Waals surface area contributed by atoms with Gasteiger partial charge >= 0.3 is 0 Å². The highest BCUT2D eigenvalue weighted by Crippen LogP contribution is 2.29. The lowest BCUT2D eigenvalue weighted by Gasteiger charge is -2.34. The first-order valence-corrected chi connectivity index (χ1v) is 12.5. The van der Waals surface area contributed by atoms with Gasteiger partial charge in [0, 0.05) is 24.8 Å². The molecule has 0 saturated carbocycles. The molecule has 1 aliphatic rings. The molecule has 2 heterocycles. The molecule has 0 aliphatic carbocycles. The summed E-state index contributed by atoms with van der Waals surface area (Å²) in [5, 5.41) is 3.29.